The van der Waals surface area contributed by atoms with Crippen LogP contribution < -0.4 is 0 Å². The zero-order valence-corrected chi connectivity index (χ0v) is 11.6. The van der Waals surface area contributed by atoms with E-state index < -0.39 is 0 Å². The number of thioether (sulfide) groups is 1. The maximum Gasteiger partial charge on any atom is 0.238 e. The van der Waals surface area contributed by atoms with Gasteiger partial charge in [0.25, 0.3) is 0 Å². The van der Waals surface area contributed by atoms with E-state index >= 15 is 0 Å². The molecule has 1 saturated heterocycles. The summed E-state index contributed by atoms with van der Waals surface area (Å²) in [7, 11) is 1.87. The molecular weight excluding hydrogens is 234 g/mol. The van der Waals surface area contributed by atoms with Crippen LogP contribution in [0.1, 0.15) is 45.4 Å². The minimum atomic E-state index is -0.326. The smallest absolute Gasteiger partial charge is 0.238 e. The molecule has 0 aromatic rings. The molecule has 1 amide bonds. The minimum absolute atomic E-state index is 0.0364. The Kier molecular flexibility index (Phi) is 4.03. The highest BCUT2D eigenvalue weighted by Crippen LogP contribution is 2.40. The third kappa shape index (κ3) is 2.63. The van der Waals surface area contributed by atoms with Crippen molar-refractivity contribution in [2.75, 3.05) is 12.8 Å². The van der Waals surface area contributed by atoms with Crippen LogP contribution in [-0.4, -0.2) is 45.6 Å². The van der Waals surface area contributed by atoms with Crippen LogP contribution in [0, 0.1) is 0 Å². The van der Waals surface area contributed by atoms with Crippen LogP contribution in [0.4, 0.5) is 0 Å². The Hall–Kier alpha value is -0.220. The van der Waals surface area contributed by atoms with Crippen molar-refractivity contribution in [2.45, 2.75) is 62.3 Å². The lowest BCUT2D eigenvalue weighted by Crippen LogP contribution is -2.51. The fourth-order valence-corrected chi connectivity index (χ4v) is 4.31. The zero-order chi connectivity index (χ0) is 12.5. The molecule has 3 atom stereocenters. The van der Waals surface area contributed by atoms with E-state index in [0.717, 1.165) is 44.3 Å². The molecule has 1 heterocycles. The Morgan fingerprint density at radius 2 is 2.06 bits per heavy atom. The largest absolute Gasteiger partial charge is 0.391 e. The van der Waals surface area contributed by atoms with E-state index in [-0.39, 0.29) is 22.8 Å². The first-order valence-electron chi connectivity index (χ1n) is 6.64. The van der Waals surface area contributed by atoms with Crippen molar-refractivity contribution in [1.29, 1.82) is 0 Å². The maximum atomic E-state index is 12.5. The molecule has 17 heavy (non-hydrogen) atoms. The van der Waals surface area contributed by atoms with Crippen LogP contribution in [-0.2, 0) is 4.79 Å². The van der Waals surface area contributed by atoms with Gasteiger partial charge in [-0.1, -0.05) is 12.8 Å². The molecule has 1 aliphatic carbocycles. The van der Waals surface area contributed by atoms with E-state index in [4.69, 9.17) is 0 Å². The minimum Gasteiger partial charge on any atom is -0.391 e. The van der Waals surface area contributed by atoms with Crippen molar-refractivity contribution in [3.8, 4) is 0 Å². The first-order chi connectivity index (χ1) is 8.04. The van der Waals surface area contributed by atoms with Crippen molar-refractivity contribution in [1.82, 2.24) is 4.90 Å². The summed E-state index contributed by atoms with van der Waals surface area (Å²) in [4.78, 5) is 14.3. The average Bonchev–Trinajstić information content (AvgIpc) is 2.76. The van der Waals surface area contributed by atoms with Gasteiger partial charge < -0.3 is 10.0 Å². The molecule has 2 rings (SSSR count). The van der Waals surface area contributed by atoms with Crippen molar-refractivity contribution < 1.29 is 9.90 Å². The summed E-state index contributed by atoms with van der Waals surface area (Å²) in [6.45, 7) is 2.05. The Labute approximate surface area is 108 Å². The van der Waals surface area contributed by atoms with Crippen LogP contribution in [0.3, 0.4) is 0 Å². The number of aliphatic hydroxyl groups excluding tert-OH is 1. The second kappa shape index (κ2) is 5.19. The summed E-state index contributed by atoms with van der Waals surface area (Å²) in [5.74, 6) is 1.30. The molecule has 3 nitrogen and oxygen atoms in total. The van der Waals surface area contributed by atoms with Crippen molar-refractivity contribution in [3.63, 3.8) is 0 Å². The Morgan fingerprint density at radius 1 is 1.35 bits per heavy atom. The highest BCUT2D eigenvalue weighted by molar-refractivity contribution is 8.01. The molecule has 0 aromatic carbocycles. The number of hydrogen-bond donors (Lipinski definition) is 1. The van der Waals surface area contributed by atoms with Gasteiger partial charge >= 0.3 is 0 Å². The van der Waals surface area contributed by atoms with Crippen LogP contribution >= 0.6 is 11.8 Å². The van der Waals surface area contributed by atoms with Gasteiger partial charge in [0.05, 0.1) is 16.9 Å². The standard InChI is InChI=1S/C13H23NO2S/c1-13(8-5-9-17-13)12(16)14(2)10-6-3-4-7-11(10)15/h10-11,15H,3-9H2,1-2H3. The number of amides is 1. The third-order valence-electron chi connectivity index (χ3n) is 4.18. The fraction of sp³-hybridized carbons (Fsp3) is 0.923. The monoisotopic (exact) mass is 257 g/mol. The van der Waals surface area contributed by atoms with Crippen LogP contribution in [0.5, 0.6) is 0 Å². The van der Waals surface area contributed by atoms with E-state index in [2.05, 4.69) is 6.92 Å². The normalized spacial score (nSPS) is 38.1. The lowest BCUT2D eigenvalue weighted by Gasteiger charge is -2.38. The first kappa shape index (κ1) is 13.2. The quantitative estimate of drug-likeness (QED) is 0.823. The second-order valence-electron chi connectivity index (χ2n) is 5.52. The summed E-state index contributed by atoms with van der Waals surface area (Å²) in [6.07, 6.45) is 5.79. The Morgan fingerprint density at radius 3 is 2.65 bits per heavy atom. The Balaban J connectivity index is 2.03. The molecule has 3 unspecified atom stereocenters. The number of aliphatic hydroxyl groups is 1. The van der Waals surface area contributed by atoms with Crippen molar-refractivity contribution in [3.05, 3.63) is 0 Å². The summed E-state index contributed by atoms with van der Waals surface area (Å²) >= 11 is 1.77. The van der Waals surface area contributed by atoms with Gasteiger partial charge in [-0.05, 0) is 38.4 Å². The summed E-state index contributed by atoms with van der Waals surface area (Å²) in [5.41, 5.74) is 0. The number of hydrogen-bond acceptors (Lipinski definition) is 3. The van der Waals surface area contributed by atoms with Crippen molar-refractivity contribution in [2.24, 2.45) is 0 Å². The molecule has 1 saturated carbocycles. The SMILES string of the molecule is CN(C(=O)C1(C)CCCS1)C1CCCCC1O. The number of likely N-dealkylation sites (N-methyl/N-ethyl adjacent to an activating group) is 1. The predicted octanol–water partition coefficient (Wildman–Crippen LogP) is 2.03. The maximum absolute atomic E-state index is 12.5. The number of nitrogens with zero attached hydrogens (tertiary/aromatic N) is 1. The zero-order valence-electron chi connectivity index (χ0n) is 10.8. The summed E-state index contributed by atoms with van der Waals surface area (Å²) < 4.78 is -0.244. The van der Waals surface area contributed by atoms with E-state index in [1.54, 1.807) is 11.8 Å². The molecule has 2 aliphatic rings. The first-order valence-corrected chi connectivity index (χ1v) is 7.62. The summed E-state index contributed by atoms with van der Waals surface area (Å²) in [5, 5.41) is 10.0. The number of carbonyl (C=O) groups is 1. The molecule has 98 valence electrons. The van der Waals surface area contributed by atoms with Crippen molar-refractivity contribution >= 4 is 17.7 Å². The van der Waals surface area contributed by atoms with Gasteiger partial charge in [-0.25, -0.2) is 0 Å². The topological polar surface area (TPSA) is 40.5 Å². The lowest BCUT2D eigenvalue weighted by atomic mass is 9.90. The van der Waals surface area contributed by atoms with Gasteiger partial charge in [-0.2, -0.15) is 0 Å². The molecule has 4 heteroatoms. The van der Waals surface area contributed by atoms with Gasteiger partial charge in [0, 0.05) is 7.05 Å². The summed E-state index contributed by atoms with van der Waals surface area (Å²) in [6, 6.07) is 0.0364. The Bertz CT molecular complexity index is 289. The highest BCUT2D eigenvalue weighted by atomic mass is 32.2. The van der Waals surface area contributed by atoms with Crippen LogP contribution in [0.25, 0.3) is 0 Å². The van der Waals surface area contributed by atoms with E-state index in [9.17, 15) is 9.90 Å². The molecular formula is C13H23NO2S. The van der Waals surface area contributed by atoms with E-state index in [1.165, 1.54) is 0 Å². The van der Waals surface area contributed by atoms with Gasteiger partial charge in [0.2, 0.25) is 5.91 Å². The number of carbonyl (C=O) groups excluding carboxylic acids is 1. The highest BCUT2D eigenvalue weighted by Gasteiger charge is 2.42. The van der Waals surface area contributed by atoms with E-state index in [0.29, 0.717) is 0 Å². The molecule has 1 N–H and O–H groups in total. The molecule has 0 bridgehead atoms. The fourth-order valence-electron chi connectivity index (χ4n) is 3.01. The molecule has 0 aromatic heterocycles. The molecule has 0 radical (unpaired) electrons. The predicted molar refractivity (Wildman–Crippen MR) is 71.1 cm³/mol. The van der Waals surface area contributed by atoms with Crippen LogP contribution in [0.2, 0.25) is 0 Å². The second-order valence-corrected chi connectivity index (χ2v) is 7.12. The van der Waals surface area contributed by atoms with Gasteiger partial charge in [0.1, 0.15) is 0 Å². The van der Waals surface area contributed by atoms with Gasteiger partial charge in [-0.15, -0.1) is 11.8 Å². The molecule has 0 spiro atoms. The van der Waals surface area contributed by atoms with Crippen LogP contribution in [0.15, 0.2) is 0 Å². The van der Waals surface area contributed by atoms with Gasteiger partial charge in [-0.3, -0.25) is 4.79 Å². The van der Waals surface area contributed by atoms with E-state index in [1.807, 2.05) is 11.9 Å². The average molecular weight is 257 g/mol. The molecule has 1 aliphatic heterocycles. The molecule has 2 fully saturated rings. The van der Waals surface area contributed by atoms with Gasteiger partial charge in [0.15, 0.2) is 0 Å². The third-order valence-corrected chi connectivity index (χ3v) is 5.69. The number of rotatable bonds is 2. The lowest BCUT2D eigenvalue weighted by molar-refractivity contribution is -0.137.